The van der Waals surface area contributed by atoms with Crippen LogP contribution in [-0.4, -0.2) is 28.8 Å². The minimum atomic E-state index is -0.0632. The molecule has 1 unspecified atom stereocenters. The zero-order chi connectivity index (χ0) is 12.9. The van der Waals surface area contributed by atoms with Crippen molar-refractivity contribution in [3.63, 3.8) is 0 Å². The molecule has 0 aromatic carbocycles. The van der Waals surface area contributed by atoms with Gasteiger partial charge in [0.2, 0.25) is 0 Å². The molecule has 1 heterocycles. The van der Waals surface area contributed by atoms with Gasteiger partial charge in [0.15, 0.2) is 0 Å². The minimum Gasteiger partial charge on any atom is -0.379 e. The third-order valence-electron chi connectivity index (χ3n) is 3.25. The topological polar surface area (TPSA) is 39.1 Å². The Balaban J connectivity index is 2.65. The first-order chi connectivity index (χ1) is 8.00. The lowest BCUT2D eigenvalue weighted by atomic mass is 9.97. The Labute approximate surface area is 104 Å². The molecule has 0 aliphatic carbocycles. The number of imidazole rings is 1. The number of rotatable bonds is 7. The summed E-state index contributed by atoms with van der Waals surface area (Å²) >= 11 is 0. The molecular weight excluding hydrogens is 214 g/mol. The second-order valence-corrected chi connectivity index (χ2v) is 5.04. The van der Waals surface area contributed by atoms with Crippen LogP contribution in [-0.2, 0) is 11.8 Å². The number of ether oxygens (including phenoxy) is 1. The molecule has 4 heteroatoms. The first-order valence-corrected chi connectivity index (χ1v) is 6.25. The second-order valence-electron chi connectivity index (χ2n) is 5.04. The average Bonchev–Trinajstić information content (AvgIpc) is 2.71. The fraction of sp³-hybridized carbons (Fsp3) is 0.769. The fourth-order valence-electron chi connectivity index (χ4n) is 1.90. The summed E-state index contributed by atoms with van der Waals surface area (Å²) in [4.78, 5) is 4.18. The molecule has 4 nitrogen and oxygen atoms in total. The number of nitrogens with one attached hydrogen (secondary N) is 1. The van der Waals surface area contributed by atoms with Crippen LogP contribution < -0.4 is 5.32 Å². The molecule has 17 heavy (non-hydrogen) atoms. The Kier molecular flexibility index (Phi) is 5.15. The van der Waals surface area contributed by atoms with Gasteiger partial charge in [0, 0.05) is 26.4 Å². The first-order valence-electron chi connectivity index (χ1n) is 6.25. The summed E-state index contributed by atoms with van der Waals surface area (Å²) in [5.74, 6) is 0. The van der Waals surface area contributed by atoms with Crippen molar-refractivity contribution in [3.05, 3.63) is 18.2 Å². The van der Waals surface area contributed by atoms with Gasteiger partial charge in [0.1, 0.15) is 0 Å². The number of hydrogen-bond acceptors (Lipinski definition) is 3. The van der Waals surface area contributed by atoms with Crippen molar-refractivity contribution in [1.29, 1.82) is 0 Å². The molecule has 0 aliphatic rings. The lowest BCUT2D eigenvalue weighted by molar-refractivity contribution is 0.0115. The van der Waals surface area contributed by atoms with Gasteiger partial charge in [0.25, 0.3) is 0 Å². The van der Waals surface area contributed by atoms with Crippen LogP contribution in [0.25, 0.3) is 0 Å². The first kappa shape index (κ1) is 14.2. The molecule has 1 rings (SSSR count). The minimum absolute atomic E-state index is 0.0632. The van der Waals surface area contributed by atoms with E-state index in [0.717, 1.165) is 19.4 Å². The molecule has 0 bridgehead atoms. The van der Waals surface area contributed by atoms with E-state index in [-0.39, 0.29) is 5.60 Å². The Bertz CT molecular complexity index is 333. The van der Waals surface area contributed by atoms with Crippen molar-refractivity contribution in [1.82, 2.24) is 14.9 Å². The number of hydrogen-bond donors (Lipinski definition) is 1. The molecule has 0 aliphatic heterocycles. The molecule has 0 amide bonds. The van der Waals surface area contributed by atoms with Crippen LogP contribution in [0.4, 0.5) is 0 Å². The molecule has 1 aromatic rings. The fourth-order valence-corrected chi connectivity index (χ4v) is 1.90. The maximum absolute atomic E-state index is 5.46. The molecule has 0 saturated carbocycles. The van der Waals surface area contributed by atoms with E-state index in [9.17, 15) is 0 Å². The van der Waals surface area contributed by atoms with Crippen molar-refractivity contribution >= 4 is 0 Å². The highest BCUT2D eigenvalue weighted by atomic mass is 16.5. The van der Waals surface area contributed by atoms with Crippen molar-refractivity contribution < 1.29 is 4.74 Å². The van der Waals surface area contributed by atoms with Crippen LogP contribution in [0.1, 0.15) is 45.3 Å². The summed E-state index contributed by atoms with van der Waals surface area (Å²) in [6.07, 6.45) is 5.86. The third-order valence-corrected chi connectivity index (χ3v) is 3.25. The van der Waals surface area contributed by atoms with Crippen LogP contribution in [0.3, 0.4) is 0 Å². The zero-order valence-electron chi connectivity index (χ0n) is 11.7. The normalized spacial score (nSPS) is 13.9. The van der Waals surface area contributed by atoms with E-state index in [2.05, 4.69) is 35.6 Å². The Morgan fingerprint density at radius 1 is 1.53 bits per heavy atom. The largest absolute Gasteiger partial charge is 0.379 e. The molecule has 1 atom stereocenters. The second kappa shape index (κ2) is 6.17. The highest BCUT2D eigenvalue weighted by Crippen LogP contribution is 2.23. The molecular formula is C13H25N3O. The summed E-state index contributed by atoms with van der Waals surface area (Å²) in [6, 6.07) is 0.349. The van der Waals surface area contributed by atoms with Crippen LogP contribution >= 0.6 is 0 Å². The molecule has 0 spiro atoms. The number of methoxy groups -OCH3 is 1. The molecule has 0 radical (unpaired) electrons. The van der Waals surface area contributed by atoms with Gasteiger partial charge < -0.3 is 14.6 Å². The third kappa shape index (κ3) is 4.13. The molecule has 0 fully saturated rings. The monoisotopic (exact) mass is 239 g/mol. The Morgan fingerprint density at radius 3 is 2.71 bits per heavy atom. The van der Waals surface area contributed by atoms with Gasteiger partial charge in [0.05, 0.1) is 17.6 Å². The molecule has 1 aromatic heterocycles. The maximum atomic E-state index is 5.46. The van der Waals surface area contributed by atoms with Crippen LogP contribution in [0.5, 0.6) is 0 Å². The quantitative estimate of drug-likeness (QED) is 0.793. The lowest BCUT2D eigenvalue weighted by Crippen LogP contribution is -2.28. The molecule has 0 saturated heterocycles. The van der Waals surface area contributed by atoms with Crippen molar-refractivity contribution in [3.8, 4) is 0 Å². The van der Waals surface area contributed by atoms with E-state index >= 15 is 0 Å². The summed E-state index contributed by atoms with van der Waals surface area (Å²) in [5, 5.41) is 3.51. The van der Waals surface area contributed by atoms with E-state index in [1.54, 1.807) is 7.11 Å². The standard InChI is InChI=1S/C13H25N3O/c1-6-15-11(7-8-13(2,3)17-5)12-9-14-10-16(12)4/h9-11,15H,6-8H2,1-5H3. The Morgan fingerprint density at radius 2 is 2.24 bits per heavy atom. The predicted octanol–water partition coefficient (Wildman–Crippen LogP) is 2.28. The zero-order valence-corrected chi connectivity index (χ0v) is 11.7. The predicted molar refractivity (Wildman–Crippen MR) is 69.9 cm³/mol. The number of nitrogens with zero attached hydrogens (tertiary/aromatic N) is 2. The SMILES string of the molecule is CCNC(CCC(C)(C)OC)c1cncn1C. The molecule has 1 N–H and O–H groups in total. The van der Waals surface area contributed by atoms with E-state index in [0.29, 0.717) is 6.04 Å². The van der Waals surface area contributed by atoms with Crippen LogP contribution in [0.15, 0.2) is 12.5 Å². The maximum Gasteiger partial charge on any atom is 0.0946 e. The summed E-state index contributed by atoms with van der Waals surface area (Å²) in [6.45, 7) is 7.34. The lowest BCUT2D eigenvalue weighted by Gasteiger charge is -2.26. The number of aromatic nitrogens is 2. The van der Waals surface area contributed by atoms with Crippen molar-refractivity contribution in [2.75, 3.05) is 13.7 Å². The highest BCUT2D eigenvalue weighted by molar-refractivity contribution is 5.05. The van der Waals surface area contributed by atoms with Crippen LogP contribution in [0.2, 0.25) is 0 Å². The average molecular weight is 239 g/mol. The number of aryl methyl sites for hydroxylation is 1. The molecule has 98 valence electrons. The smallest absolute Gasteiger partial charge is 0.0946 e. The highest BCUT2D eigenvalue weighted by Gasteiger charge is 2.21. The van der Waals surface area contributed by atoms with Gasteiger partial charge in [-0.25, -0.2) is 4.98 Å². The van der Waals surface area contributed by atoms with Gasteiger partial charge in [-0.1, -0.05) is 6.92 Å². The van der Waals surface area contributed by atoms with E-state index in [1.165, 1.54) is 5.69 Å². The summed E-state index contributed by atoms with van der Waals surface area (Å²) in [5.41, 5.74) is 1.17. The van der Waals surface area contributed by atoms with Gasteiger partial charge in [-0.05, 0) is 33.2 Å². The Hall–Kier alpha value is -0.870. The van der Waals surface area contributed by atoms with Crippen molar-refractivity contribution in [2.45, 2.75) is 45.3 Å². The van der Waals surface area contributed by atoms with Gasteiger partial charge >= 0.3 is 0 Å². The summed E-state index contributed by atoms with van der Waals surface area (Å²) in [7, 11) is 3.81. The summed E-state index contributed by atoms with van der Waals surface area (Å²) < 4.78 is 7.54. The van der Waals surface area contributed by atoms with E-state index < -0.39 is 0 Å². The van der Waals surface area contributed by atoms with Gasteiger partial charge in [-0.2, -0.15) is 0 Å². The van der Waals surface area contributed by atoms with Crippen LogP contribution in [0, 0.1) is 0 Å². The van der Waals surface area contributed by atoms with E-state index in [4.69, 9.17) is 4.74 Å². The van der Waals surface area contributed by atoms with Crippen molar-refractivity contribution in [2.24, 2.45) is 7.05 Å². The van der Waals surface area contributed by atoms with Gasteiger partial charge in [-0.15, -0.1) is 0 Å². The van der Waals surface area contributed by atoms with Gasteiger partial charge in [-0.3, -0.25) is 0 Å². The van der Waals surface area contributed by atoms with E-state index in [1.807, 2.05) is 19.6 Å².